The minimum absolute atomic E-state index is 0.108. The van der Waals surface area contributed by atoms with Crippen LogP contribution < -0.4 is 0 Å². The van der Waals surface area contributed by atoms with Crippen LogP contribution in [0.5, 0.6) is 0 Å². The SMILES string of the molecule is Cc1ccc(F)c(C(=O)N2CCC(Cl)C(C)C2)c1. The van der Waals surface area contributed by atoms with Crippen molar-refractivity contribution in [1.82, 2.24) is 4.90 Å². The summed E-state index contributed by atoms with van der Waals surface area (Å²) in [5.41, 5.74) is 1.05. The number of benzene rings is 1. The molecule has 0 spiro atoms. The van der Waals surface area contributed by atoms with Crippen LogP contribution in [0.4, 0.5) is 4.39 Å². The minimum atomic E-state index is -0.453. The molecule has 2 rings (SSSR count). The molecular weight excluding hydrogens is 253 g/mol. The molecule has 2 unspecified atom stereocenters. The van der Waals surface area contributed by atoms with Gasteiger partial charge in [0, 0.05) is 18.5 Å². The van der Waals surface area contributed by atoms with Gasteiger partial charge in [0.2, 0.25) is 0 Å². The average Bonchev–Trinajstić information content (AvgIpc) is 2.35. The third kappa shape index (κ3) is 2.66. The van der Waals surface area contributed by atoms with Gasteiger partial charge in [-0.25, -0.2) is 4.39 Å². The molecule has 1 aromatic rings. The van der Waals surface area contributed by atoms with Crippen molar-refractivity contribution in [3.8, 4) is 0 Å². The maximum absolute atomic E-state index is 13.7. The van der Waals surface area contributed by atoms with Gasteiger partial charge in [0.1, 0.15) is 5.82 Å². The van der Waals surface area contributed by atoms with Crippen LogP contribution in [0, 0.1) is 18.7 Å². The molecule has 98 valence electrons. The topological polar surface area (TPSA) is 20.3 Å². The molecule has 0 radical (unpaired) electrons. The first-order valence-electron chi connectivity index (χ1n) is 6.18. The summed E-state index contributed by atoms with van der Waals surface area (Å²) in [5.74, 6) is -0.435. The van der Waals surface area contributed by atoms with Crippen LogP contribution >= 0.6 is 11.6 Å². The number of rotatable bonds is 1. The number of aryl methyl sites for hydroxylation is 1. The van der Waals surface area contributed by atoms with E-state index in [2.05, 4.69) is 0 Å². The van der Waals surface area contributed by atoms with Gasteiger partial charge in [-0.1, -0.05) is 18.6 Å². The number of piperidine rings is 1. The zero-order chi connectivity index (χ0) is 13.3. The van der Waals surface area contributed by atoms with Crippen molar-refractivity contribution in [2.45, 2.75) is 25.6 Å². The molecule has 0 N–H and O–H groups in total. The maximum Gasteiger partial charge on any atom is 0.256 e. The Labute approximate surface area is 112 Å². The van der Waals surface area contributed by atoms with Gasteiger partial charge in [0.05, 0.1) is 5.56 Å². The largest absolute Gasteiger partial charge is 0.338 e. The second-order valence-corrected chi connectivity index (χ2v) is 5.58. The molecule has 2 atom stereocenters. The minimum Gasteiger partial charge on any atom is -0.338 e. The molecule has 1 amide bonds. The van der Waals surface area contributed by atoms with Gasteiger partial charge in [-0.05, 0) is 31.4 Å². The lowest BCUT2D eigenvalue weighted by Crippen LogP contribution is -2.43. The summed E-state index contributed by atoms with van der Waals surface area (Å²) in [7, 11) is 0. The Morgan fingerprint density at radius 2 is 2.22 bits per heavy atom. The first-order chi connectivity index (χ1) is 8.49. The number of carbonyl (C=O) groups is 1. The predicted molar refractivity (Wildman–Crippen MR) is 70.5 cm³/mol. The van der Waals surface area contributed by atoms with E-state index in [0.717, 1.165) is 12.0 Å². The van der Waals surface area contributed by atoms with Crippen molar-refractivity contribution in [3.05, 3.63) is 35.1 Å². The third-order valence-electron chi connectivity index (χ3n) is 3.44. The zero-order valence-electron chi connectivity index (χ0n) is 10.6. The van der Waals surface area contributed by atoms with Gasteiger partial charge in [-0.2, -0.15) is 0 Å². The third-order valence-corrected chi connectivity index (χ3v) is 4.09. The lowest BCUT2D eigenvalue weighted by atomic mass is 9.98. The number of carbonyl (C=O) groups excluding carboxylic acids is 1. The Bertz CT molecular complexity index is 463. The molecule has 1 heterocycles. The first kappa shape index (κ1) is 13.3. The van der Waals surface area contributed by atoms with E-state index in [1.165, 1.54) is 6.07 Å². The summed E-state index contributed by atoms with van der Waals surface area (Å²) in [4.78, 5) is 14.0. The number of halogens is 2. The predicted octanol–water partition coefficient (Wildman–Crippen LogP) is 3.22. The molecule has 1 fully saturated rings. The fourth-order valence-corrected chi connectivity index (χ4v) is 2.45. The van der Waals surface area contributed by atoms with Gasteiger partial charge in [-0.3, -0.25) is 4.79 Å². The standard InChI is InChI=1S/C14H17ClFNO/c1-9-3-4-13(16)11(7-9)14(18)17-6-5-12(15)10(2)8-17/h3-4,7,10,12H,5-6,8H2,1-2H3. The van der Waals surface area contributed by atoms with E-state index in [4.69, 9.17) is 11.6 Å². The highest BCUT2D eigenvalue weighted by Gasteiger charge is 2.28. The van der Waals surface area contributed by atoms with E-state index in [1.807, 2.05) is 13.8 Å². The number of hydrogen-bond donors (Lipinski definition) is 0. The number of alkyl halides is 1. The van der Waals surface area contributed by atoms with E-state index in [1.54, 1.807) is 17.0 Å². The fourth-order valence-electron chi connectivity index (χ4n) is 2.27. The Kier molecular flexibility index (Phi) is 3.91. The van der Waals surface area contributed by atoms with Crippen molar-refractivity contribution in [2.24, 2.45) is 5.92 Å². The molecule has 1 aliphatic heterocycles. The molecule has 1 saturated heterocycles. The second kappa shape index (κ2) is 5.27. The molecule has 1 aliphatic rings. The Balaban J connectivity index is 2.19. The Hall–Kier alpha value is -1.09. The first-order valence-corrected chi connectivity index (χ1v) is 6.62. The number of likely N-dealkylation sites (tertiary alicyclic amines) is 1. The van der Waals surface area contributed by atoms with Crippen LogP contribution in [0.25, 0.3) is 0 Å². The highest BCUT2D eigenvalue weighted by molar-refractivity contribution is 6.20. The summed E-state index contributed by atoms with van der Waals surface area (Å²) in [6.07, 6.45) is 0.766. The highest BCUT2D eigenvalue weighted by atomic mass is 35.5. The molecule has 0 aliphatic carbocycles. The number of hydrogen-bond acceptors (Lipinski definition) is 1. The quantitative estimate of drug-likeness (QED) is 0.717. The molecule has 0 bridgehead atoms. The zero-order valence-corrected chi connectivity index (χ0v) is 11.4. The van der Waals surface area contributed by atoms with E-state index in [0.29, 0.717) is 13.1 Å². The normalized spacial score (nSPS) is 24.1. The van der Waals surface area contributed by atoms with Crippen molar-refractivity contribution in [2.75, 3.05) is 13.1 Å². The fraction of sp³-hybridized carbons (Fsp3) is 0.500. The van der Waals surface area contributed by atoms with Crippen LogP contribution in [0.3, 0.4) is 0 Å². The lowest BCUT2D eigenvalue weighted by Gasteiger charge is -2.34. The van der Waals surface area contributed by atoms with Crippen LogP contribution in [0.15, 0.2) is 18.2 Å². The molecule has 1 aromatic carbocycles. The van der Waals surface area contributed by atoms with Crippen LogP contribution in [0.2, 0.25) is 0 Å². The molecule has 2 nitrogen and oxygen atoms in total. The molecule has 18 heavy (non-hydrogen) atoms. The lowest BCUT2D eigenvalue weighted by molar-refractivity contribution is 0.0682. The second-order valence-electron chi connectivity index (χ2n) is 5.02. The summed E-state index contributed by atoms with van der Waals surface area (Å²) in [6.45, 7) is 5.07. The van der Waals surface area contributed by atoms with Crippen molar-refractivity contribution >= 4 is 17.5 Å². The van der Waals surface area contributed by atoms with Crippen LogP contribution in [-0.2, 0) is 0 Å². The van der Waals surface area contributed by atoms with Gasteiger partial charge >= 0.3 is 0 Å². The van der Waals surface area contributed by atoms with Crippen molar-refractivity contribution in [3.63, 3.8) is 0 Å². The smallest absolute Gasteiger partial charge is 0.256 e. The maximum atomic E-state index is 13.7. The van der Waals surface area contributed by atoms with Gasteiger partial charge in [-0.15, -0.1) is 11.6 Å². The monoisotopic (exact) mass is 269 g/mol. The summed E-state index contributed by atoms with van der Waals surface area (Å²) in [5, 5.41) is 0.108. The van der Waals surface area contributed by atoms with E-state index in [-0.39, 0.29) is 22.8 Å². The van der Waals surface area contributed by atoms with Gasteiger partial charge in [0.15, 0.2) is 0 Å². The Morgan fingerprint density at radius 3 is 2.89 bits per heavy atom. The van der Waals surface area contributed by atoms with E-state index in [9.17, 15) is 9.18 Å². The summed E-state index contributed by atoms with van der Waals surface area (Å²) in [6, 6.07) is 4.62. The average molecular weight is 270 g/mol. The molecule has 0 saturated carbocycles. The summed E-state index contributed by atoms with van der Waals surface area (Å²) >= 11 is 6.13. The van der Waals surface area contributed by atoms with Gasteiger partial charge < -0.3 is 4.90 Å². The Morgan fingerprint density at radius 1 is 1.50 bits per heavy atom. The number of amides is 1. The summed E-state index contributed by atoms with van der Waals surface area (Å²) < 4.78 is 13.7. The molecule has 4 heteroatoms. The molecular formula is C14H17ClFNO. The van der Waals surface area contributed by atoms with Gasteiger partial charge in [0.25, 0.3) is 5.91 Å². The van der Waals surface area contributed by atoms with E-state index < -0.39 is 5.82 Å². The highest BCUT2D eigenvalue weighted by Crippen LogP contribution is 2.23. The van der Waals surface area contributed by atoms with Crippen molar-refractivity contribution < 1.29 is 9.18 Å². The molecule has 0 aromatic heterocycles. The van der Waals surface area contributed by atoms with Crippen molar-refractivity contribution in [1.29, 1.82) is 0 Å². The van der Waals surface area contributed by atoms with Crippen LogP contribution in [-0.4, -0.2) is 29.3 Å². The van der Waals surface area contributed by atoms with E-state index >= 15 is 0 Å². The number of nitrogens with zero attached hydrogens (tertiary/aromatic N) is 1. The van der Waals surface area contributed by atoms with Crippen LogP contribution in [0.1, 0.15) is 29.3 Å².